The molecule has 2 aromatic carbocycles. The molecule has 0 fully saturated rings. The zero-order valence-electron chi connectivity index (χ0n) is 9.01. The van der Waals surface area contributed by atoms with Crippen molar-refractivity contribution in [1.29, 1.82) is 0 Å². The van der Waals surface area contributed by atoms with Gasteiger partial charge in [0.15, 0.2) is 0 Å². The van der Waals surface area contributed by atoms with Gasteiger partial charge in [0.1, 0.15) is 6.26 Å². The van der Waals surface area contributed by atoms with Gasteiger partial charge < -0.3 is 4.74 Å². The lowest BCUT2D eigenvalue weighted by Crippen LogP contribution is -1.83. The Balaban J connectivity index is 2.27. The number of ether oxygens (including phenoxy) is 1. The van der Waals surface area contributed by atoms with Crippen LogP contribution < -0.4 is 0 Å². The van der Waals surface area contributed by atoms with Gasteiger partial charge in [0.2, 0.25) is 0 Å². The fourth-order valence-corrected chi connectivity index (χ4v) is 2.26. The van der Waals surface area contributed by atoms with E-state index in [0.717, 1.165) is 16.7 Å². The van der Waals surface area contributed by atoms with E-state index in [-0.39, 0.29) is 0 Å². The molecule has 1 aliphatic carbocycles. The highest BCUT2D eigenvalue weighted by Gasteiger charge is 2.22. The van der Waals surface area contributed by atoms with Crippen LogP contribution in [0.5, 0.6) is 0 Å². The molecule has 0 spiro atoms. The number of hydrogen-bond donors (Lipinski definition) is 0. The predicted molar refractivity (Wildman–Crippen MR) is 65.7 cm³/mol. The molecule has 0 aliphatic heterocycles. The first kappa shape index (κ1) is 9.85. The third-order valence-corrected chi connectivity index (χ3v) is 2.95. The average Bonchev–Trinajstić information content (AvgIpc) is 2.71. The van der Waals surface area contributed by atoms with Crippen molar-refractivity contribution in [3.63, 3.8) is 0 Å². The first-order valence-corrected chi connectivity index (χ1v) is 5.34. The van der Waals surface area contributed by atoms with E-state index in [0.29, 0.717) is 0 Å². The van der Waals surface area contributed by atoms with Crippen LogP contribution in [0.4, 0.5) is 0 Å². The zero-order chi connectivity index (χ0) is 11.7. The summed E-state index contributed by atoms with van der Waals surface area (Å²) in [6.45, 7) is 1.43. The fourth-order valence-electron chi connectivity index (χ4n) is 2.26. The van der Waals surface area contributed by atoms with E-state index < -0.39 is 0 Å². The summed E-state index contributed by atoms with van der Waals surface area (Å²) in [5.74, 6) is 0. The summed E-state index contributed by atoms with van der Waals surface area (Å²) < 4.78 is 4.66. The van der Waals surface area contributed by atoms with Crippen molar-refractivity contribution in [2.45, 2.75) is 0 Å². The van der Waals surface area contributed by atoms with E-state index in [1.54, 1.807) is 0 Å². The molecule has 0 saturated carbocycles. The van der Waals surface area contributed by atoms with Crippen LogP contribution in [0, 0.1) is 0 Å². The van der Waals surface area contributed by atoms with Gasteiger partial charge in [-0.1, -0.05) is 48.5 Å². The van der Waals surface area contributed by atoms with E-state index in [2.05, 4.69) is 16.9 Å². The molecular formula is C15H9O2. The Hall–Kier alpha value is -2.35. The largest absolute Gasteiger partial charge is 0.425 e. The number of benzene rings is 2. The van der Waals surface area contributed by atoms with Gasteiger partial charge in [-0.15, -0.1) is 0 Å². The summed E-state index contributed by atoms with van der Waals surface area (Å²) in [6, 6.07) is 16.1. The Kier molecular flexibility index (Phi) is 2.26. The second-order valence-electron chi connectivity index (χ2n) is 3.82. The molecule has 0 heterocycles. The molecule has 81 valence electrons. The van der Waals surface area contributed by atoms with Crippen LogP contribution in [-0.2, 0) is 9.53 Å². The van der Waals surface area contributed by atoms with Crippen molar-refractivity contribution in [2.24, 2.45) is 0 Å². The summed E-state index contributed by atoms with van der Waals surface area (Å²) in [5.41, 5.74) is 5.44. The lowest BCUT2D eigenvalue weighted by Gasteiger charge is -1.99. The normalized spacial score (nSPS) is 11.6. The van der Waals surface area contributed by atoms with Gasteiger partial charge in [-0.25, -0.2) is 4.79 Å². The van der Waals surface area contributed by atoms with Crippen LogP contribution in [0.15, 0.2) is 54.8 Å². The Bertz CT molecular complexity index is 564. The number of hydrogen-bond acceptors (Lipinski definition) is 2. The molecule has 0 atom stereocenters. The molecule has 1 radical (unpaired) electrons. The zero-order valence-corrected chi connectivity index (χ0v) is 9.01. The Morgan fingerprint density at radius 2 is 1.29 bits per heavy atom. The van der Waals surface area contributed by atoms with E-state index >= 15 is 0 Å². The topological polar surface area (TPSA) is 26.3 Å². The lowest BCUT2D eigenvalue weighted by molar-refractivity contribution is 0.399. The second-order valence-corrected chi connectivity index (χ2v) is 3.82. The van der Waals surface area contributed by atoms with E-state index in [9.17, 15) is 4.79 Å². The summed E-state index contributed by atoms with van der Waals surface area (Å²) in [7, 11) is 0. The third-order valence-electron chi connectivity index (χ3n) is 2.95. The first-order valence-electron chi connectivity index (χ1n) is 5.34. The van der Waals surface area contributed by atoms with Gasteiger partial charge in [-0.05, 0) is 22.3 Å². The highest BCUT2D eigenvalue weighted by Crippen LogP contribution is 2.43. The van der Waals surface area contributed by atoms with Gasteiger partial charge >= 0.3 is 6.47 Å². The van der Waals surface area contributed by atoms with E-state index in [1.165, 1.54) is 23.9 Å². The summed E-state index contributed by atoms with van der Waals surface area (Å²) in [4.78, 5) is 10.2. The Morgan fingerprint density at radius 3 is 1.76 bits per heavy atom. The van der Waals surface area contributed by atoms with Gasteiger partial charge in [-0.2, -0.15) is 0 Å². The standard InChI is InChI=1S/C15H9O2/c16-10-17-9-15-13-7-3-1-5-11(13)12-6-2-4-8-14(12)15/h1-9H. The number of fused-ring (bicyclic) bond motifs is 3. The SMILES string of the molecule is O=[C]OC=C1c2ccccc2-c2ccccc21. The quantitative estimate of drug-likeness (QED) is 0.621. The van der Waals surface area contributed by atoms with Crippen LogP contribution >= 0.6 is 0 Å². The van der Waals surface area contributed by atoms with Crippen molar-refractivity contribution in [3.05, 3.63) is 65.9 Å². The molecule has 2 nitrogen and oxygen atoms in total. The van der Waals surface area contributed by atoms with Crippen molar-refractivity contribution < 1.29 is 9.53 Å². The minimum atomic E-state index is 0.930. The van der Waals surface area contributed by atoms with Crippen LogP contribution in [0.25, 0.3) is 16.7 Å². The van der Waals surface area contributed by atoms with Gasteiger partial charge in [-0.3, -0.25) is 0 Å². The smallest absolute Gasteiger partial charge is 0.422 e. The molecular weight excluding hydrogens is 212 g/mol. The minimum Gasteiger partial charge on any atom is -0.425 e. The molecule has 0 bridgehead atoms. The Labute approximate surface area is 99.2 Å². The molecule has 17 heavy (non-hydrogen) atoms. The molecule has 0 N–H and O–H groups in total. The summed E-state index contributed by atoms with van der Waals surface area (Å²) >= 11 is 0. The second kappa shape index (κ2) is 3.91. The van der Waals surface area contributed by atoms with Gasteiger partial charge in [0.25, 0.3) is 0 Å². The van der Waals surface area contributed by atoms with Gasteiger partial charge in [0.05, 0.1) is 0 Å². The Morgan fingerprint density at radius 1 is 0.824 bits per heavy atom. The van der Waals surface area contributed by atoms with Crippen LogP contribution in [0.1, 0.15) is 11.1 Å². The molecule has 0 unspecified atom stereocenters. The third kappa shape index (κ3) is 1.46. The van der Waals surface area contributed by atoms with Crippen LogP contribution in [0.3, 0.4) is 0 Å². The van der Waals surface area contributed by atoms with Crippen molar-refractivity contribution in [2.75, 3.05) is 0 Å². The maximum absolute atomic E-state index is 10.2. The van der Waals surface area contributed by atoms with Crippen LogP contribution in [0.2, 0.25) is 0 Å². The van der Waals surface area contributed by atoms with E-state index in [1.807, 2.05) is 36.4 Å². The molecule has 1 aliphatic rings. The number of carbonyl (C=O) groups excluding carboxylic acids is 1. The maximum Gasteiger partial charge on any atom is 0.422 e. The van der Waals surface area contributed by atoms with Crippen LogP contribution in [-0.4, -0.2) is 6.47 Å². The highest BCUT2D eigenvalue weighted by molar-refractivity contribution is 6.00. The fraction of sp³-hybridized carbons (Fsp3) is 0. The minimum absolute atomic E-state index is 0.930. The molecule has 3 rings (SSSR count). The molecule has 2 aromatic rings. The lowest BCUT2D eigenvalue weighted by atomic mass is 10.1. The molecule has 2 heteroatoms. The summed E-state index contributed by atoms with van der Waals surface area (Å²) in [5, 5.41) is 0. The summed E-state index contributed by atoms with van der Waals surface area (Å²) in [6.07, 6.45) is 1.46. The highest BCUT2D eigenvalue weighted by atomic mass is 16.5. The van der Waals surface area contributed by atoms with Crippen molar-refractivity contribution in [3.8, 4) is 11.1 Å². The van der Waals surface area contributed by atoms with Crippen molar-refractivity contribution in [1.82, 2.24) is 0 Å². The molecule has 0 saturated heterocycles. The predicted octanol–water partition coefficient (Wildman–Crippen LogP) is 3.14. The molecule has 0 aromatic heterocycles. The average molecular weight is 221 g/mol. The van der Waals surface area contributed by atoms with Crippen molar-refractivity contribution >= 4 is 12.0 Å². The van der Waals surface area contributed by atoms with Gasteiger partial charge in [0, 0.05) is 5.57 Å². The monoisotopic (exact) mass is 221 g/mol. The molecule has 0 amide bonds. The van der Waals surface area contributed by atoms with E-state index in [4.69, 9.17) is 0 Å². The maximum atomic E-state index is 10.2. The first-order chi connectivity index (χ1) is 8.42. The number of rotatable bonds is 2.